The van der Waals surface area contributed by atoms with Crippen molar-refractivity contribution in [1.82, 2.24) is 20.4 Å². The molecule has 1 fully saturated rings. The monoisotopic (exact) mass is 348 g/mol. The van der Waals surface area contributed by atoms with Crippen molar-refractivity contribution < 1.29 is 23.3 Å². The van der Waals surface area contributed by atoms with Gasteiger partial charge in [-0.1, -0.05) is 6.92 Å². The van der Waals surface area contributed by atoms with E-state index in [9.17, 15) is 9.59 Å². The van der Waals surface area contributed by atoms with Crippen LogP contribution in [0.25, 0.3) is 11.7 Å². The lowest BCUT2D eigenvalue weighted by atomic mass is 10.2. The van der Waals surface area contributed by atoms with Crippen molar-refractivity contribution in [3.63, 3.8) is 0 Å². The Hall–Kier alpha value is -2.68. The van der Waals surface area contributed by atoms with E-state index in [2.05, 4.69) is 15.5 Å². The number of urea groups is 1. The second kappa shape index (κ2) is 7.47. The lowest BCUT2D eigenvalue weighted by molar-refractivity contribution is -0.929. The van der Waals surface area contributed by atoms with E-state index in [0.717, 1.165) is 17.9 Å². The van der Waals surface area contributed by atoms with Gasteiger partial charge in [-0.25, -0.2) is 4.79 Å². The molecule has 3 rings (SSSR count). The second-order valence-electron chi connectivity index (χ2n) is 6.01. The van der Waals surface area contributed by atoms with E-state index >= 15 is 0 Å². The summed E-state index contributed by atoms with van der Waals surface area (Å²) in [5.41, 5.74) is 0. The maximum Gasteiger partial charge on any atom is 0.324 e. The lowest BCUT2D eigenvalue weighted by Crippen LogP contribution is -3.15. The Balaban J connectivity index is 1.70. The van der Waals surface area contributed by atoms with Gasteiger partial charge < -0.3 is 19.1 Å². The highest BCUT2D eigenvalue weighted by Gasteiger charge is 2.35. The molecule has 1 unspecified atom stereocenters. The van der Waals surface area contributed by atoms with Crippen LogP contribution in [0, 0.1) is 0 Å². The number of imide groups is 1. The molecule has 1 aliphatic rings. The van der Waals surface area contributed by atoms with E-state index < -0.39 is 0 Å². The molecule has 0 aliphatic carbocycles. The highest BCUT2D eigenvalue weighted by molar-refractivity contribution is 5.97. The molecule has 1 saturated heterocycles. The zero-order valence-electron chi connectivity index (χ0n) is 14.3. The van der Waals surface area contributed by atoms with Crippen LogP contribution in [0.15, 0.2) is 27.2 Å². The van der Waals surface area contributed by atoms with E-state index in [4.69, 9.17) is 8.83 Å². The first-order valence-corrected chi connectivity index (χ1v) is 8.40. The average Bonchev–Trinajstić information content (AvgIpc) is 3.34. The minimum atomic E-state index is -0.386. The number of hydrogen-bond donors (Lipinski definition) is 2. The summed E-state index contributed by atoms with van der Waals surface area (Å²) >= 11 is 0. The molecule has 0 bridgehead atoms. The van der Waals surface area contributed by atoms with Crippen molar-refractivity contribution in [2.45, 2.75) is 32.9 Å². The number of nitrogens with one attached hydrogen (secondary N) is 2. The Morgan fingerprint density at radius 1 is 1.48 bits per heavy atom. The van der Waals surface area contributed by atoms with Crippen molar-refractivity contribution >= 4 is 11.9 Å². The summed E-state index contributed by atoms with van der Waals surface area (Å²) in [4.78, 5) is 26.6. The SMILES string of the molecule is CCC[NH+](Cc1nnc(-c2ccco2)o1)[C@@H](C)C(=O)N1CCNC1=O. The number of carbonyl (C=O) groups is 2. The van der Waals surface area contributed by atoms with Gasteiger partial charge in [0, 0.05) is 13.1 Å². The van der Waals surface area contributed by atoms with Gasteiger partial charge in [0.15, 0.2) is 18.3 Å². The molecule has 9 nitrogen and oxygen atoms in total. The molecule has 3 amide bonds. The number of nitrogens with zero attached hydrogens (tertiary/aromatic N) is 3. The Morgan fingerprint density at radius 3 is 2.96 bits per heavy atom. The number of quaternary nitrogens is 1. The molecule has 2 aromatic heterocycles. The lowest BCUT2D eigenvalue weighted by Gasteiger charge is -2.25. The zero-order chi connectivity index (χ0) is 17.8. The van der Waals surface area contributed by atoms with Gasteiger partial charge in [0.05, 0.1) is 12.8 Å². The third kappa shape index (κ3) is 3.71. The van der Waals surface area contributed by atoms with Gasteiger partial charge in [-0.3, -0.25) is 9.69 Å². The fourth-order valence-electron chi connectivity index (χ4n) is 2.89. The number of carbonyl (C=O) groups excluding carboxylic acids is 2. The summed E-state index contributed by atoms with van der Waals surface area (Å²) in [6.45, 7) is 5.93. The highest BCUT2D eigenvalue weighted by atomic mass is 16.4. The average molecular weight is 348 g/mol. The van der Waals surface area contributed by atoms with Gasteiger partial charge >= 0.3 is 6.03 Å². The number of furan rings is 1. The minimum absolute atomic E-state index is 0.191. The van der Waals surface area contributed by atoms with Crippen LogP contribution in [0.1, 0.15) is 26.2 Å². The smallest absolute Gasteiger partial charge is 0.324 e. The molecule has 134 valence electrons. The van der Waals surface area contributed by atoms with Crippen molar-refractivity contribution in [3.05, 3.63) is 24.3 Å². The largest absolute Gasteiger partial charge is 0.459 e. The van der Waals surface area contributed by atoms with E-state index in [-0.39, 0.29) is 18.0 Å². The topological polar surface area (TPSA) is 106 Å². The molecule has 1 aliphatic heterocycles. The molecular weight excluding hydrogens is 326 g/mol. The number of aromatic nitrogens is 2. The zero-order valence-corrected chi connectivity index (χ0v) is 14.3. The van der Waals surface area contributed by atoms with Crippen LogP contribution in [-0.2, 0) is 11.3 Å². The third-order valence-electron chi connectivity index (χ3n) is 4.25. The molecule has 0 saturated carbocycles. The first-order valence-electron chi connectivity index (χ1n) is 8.40. The van der Waals surface area contributed by atoms with Crippen LogP contribution in [-0.4, -0.2) is 52.7 Å². The van der Waals surface area contributed by atoms with Gasteiger partial charge in [0.2, 0.25) is 0 Å². The second-order valence-corrected chi connectivity index (χ2v) is 6.01. The molecule has 2 N–H and O–H groups in total. The molecule has 0 aromatic carbocycles. The molecular formula is C16H22N5O4+. The van der Waals surface area contributed by atoms with E-state index in [1.54, 1.807) is 12.1 Å². The third-order valence-corrected chi connectivity index (χ3v) is 4.25. The van der Waals surface area contributed by atoms with Gasteiger partial charge in [0.1, 0.15) is 0 Å². The molecule has 25 heavy (non-hydrogen) atoms. The highest BCUT2D eigenvalue weighted by Crippen LogP contribution is 2.17. The van der Waals surface area contributed by atoms with Crippen molar-refractivity contribution in [1.29, 1.82) is 0 Å². The van der Waals surface area contributed by atoms with Crippen LogP contribution in [0.2, 0.25) is 0 Å². The number of amides is 3. The maximum absolute atomic E-state index is 12.6. The Morgan fingerprint density at radius 2 is 2.32 bits per heavy atom. The predicted molar refractivity (Wildman–Crippen MR) is 86.4 cm³/mol. The summed E-state index contributed by atoms with van der Waals surface area (Å²) in [5, 5.41) is 10.7. The first-order chi connectivity index (χ1) is 12.1. The van der Waals surface area contributed by atoms with Crippen LogP contribution in [0.3, 0.4) is 0 Å². The molecule has 2 atom stereocenters. The summed E-state index contributed by atoms with van der Waals surface area (Å²) in [5.74, 6) is 1.06. The van der Waals surface area contributed by atoms with Gasteiger partial charge in [-0.2, -0.15) is 0 Å². The van der Waals surface area contributed by atoms with E-state index in [1.165, 1.54) is 11.2 Å². The summed E-state index contributed by atoms with van der Waals surface area (Å²) < 4.78 is 10.9. The quantitative estimate of drug-likeness (QED) is 0.733. The van der Waals surface area contributed by atoms with E-state index in [1.807, 2.05) is 13.8 Å². The van der Waals surface area contributed by atoms with Crippen molar-refractivity contribution in [2.75, 3.05) is 19.6 Å². The standard InChI is InChI=1S/C16H21N5O4/c1-3-7-20(11(2)15(22)21-8-6-17-16(21)23)10-13-18-19-14(25-13)12-5-4-9-24-12/h4-5,9,11H,3,6-8,10H2,1-2H3,(H,17,23)/p+1/t11-/m0/s1. The van der Waals surface area contributed by atoms with Crippen molar-refractivity contribution in [2.24, 2.45) is 0 Å². The van der Waals surface area contributed by atoms with Crippen LogP contribution in [0.4, 0.5) is 4.79 Å². The summed E-state index contributed by atoms with van der Waals surface area (Å²) in [6, 6.07) is 2.77. The number of hydrogen-bond acceptors (Lipinski definition) is 6. The molecule has 0 radical (unpaired) electrons. The van der Waals surface area contributed by atoms with E-state index in [0.29, 0.717) is 37.2 Å². The first kappa shape index (κ1) is 17.2. The van der Waals surface area contributed by atoms with Crippen LogP contribution in [0.5, 0.6) is 0 Å². The number of rotatable bonds is 7. The minimum Gasteiger partial charge on any atom is -0.459 e. The molecule has 2 aromatic rings. The normalized spacial score (nSPS) is 16.7. The van der Waals surface area contributed by atoms with Crippen LogP contribution < -0.4 is 10.2 Å². The fraction of sp³-hybridized carbons (Fsp3) is 0.500. The molecule has 9 heteroatoms. The Kier molecular flexibility index (Phi) is 5.13. The Labute approximate surface area is 145 Å². The van der Waals surface area contributed by atoms with Gasteiger partial charge in [-0.05, 0) is 25.5 Å². The summed E-state index contributed by atoms with van der Waals surface area (Å²) in [7, 11) is 0. The predicted octanol–water partition coefficient (Wildman–Crippen LogP) is 0.0648. The summed E-state index contributed by atoms with van der Waals surface area (Å²) in [6.07, 6.45) is 2.42. The maximum atomic E-state index is 12.6. The fourth-order valence-corrected chi connectivity index (χ4v) is 2.89. The molecule has 3 heterocycles. The van der Waals surface area contributed by atoms with Crippen molar-refractivity contribution in [3.8, 4) is 11.7 Å². The van der Waals surface area contributed by atoms with Crippen LogP contribution >= 0.6 is 0 Å². The molecule has 0 spiro atoms. The Bertz CT molecular complexity index is 727. The van der Waals surface area contributed by atoms with Gasteiger partial charge in [0.25, 0.3) is 17.7 Å². The van der Waals surface area contributed by atoms with Gasteiger partial charge in [-0.15, -0.1) is 10.2 Å².